The first-order chi connectivity index (χ1) is 7.10. The molecule has 1 rings (SSSR count). The predicted molar refractivity (Wildman–Crippen MR) is 74.4 cm³/mol. The molecule has 0 aromatic heterocycles. The zero-order valence-electron chi connectivity index (χ0n) is 8.34. The minimum absolute atomic E-state index is 0.289. The van der Waals surface area contributed by atoms with Gasteiger partial charge < -0.3 is 9.47 Å². The largest absolute Gasteiger partial charge is 0.496 e. The molecule has 15 heavy (non-hydrogen) atoms. The molecule has 0 heterocycles. The van der Waals surface area contributed by atoms with E-state index in [2.05, 4.69) is 45.2 Å². The molecule has 0 atom stereocenters. The topological polar surface area (TPSA) is 35.5 Å². The van der Waals surface area contributed by atoms with Crippen LogP contribution in [0, 0.1) is 7.14 Å². The Morgan fingerprint density at radius 2 is 2.00 bits per heavy atom. The average molecular weight is 432 g/mol. The van der Waals surface area contributed by atoms with Crippen LogP contribution < -0.4 is 4.74 Å². The predicted octanol–water partition coefficient (Wildman–Crippen LogP) is 3.08. The number of benzene rings is 1. The number of rotatable bonds is 3. The maximum absolute atomic E-state index is 11.5. The normalized spacial score (nSPS) is 9.87. The van der Waals surface area contributed by atoms with Crippen LogP contribution in [0.15, 0.2) is 12.1 Å². The number of ether oxygens (including phenoxy) is 2. The average Bonchev–Trinajstić information content (AvgIpc) is 2.21. The maximum Gasteiger partial charge on any atom is 0.339 e. The van der Waals surface area contributed by atoms with E-state index in [1.807, 2.05) is 6.07 Å². The van der Waals surface area contributed by atoms with Gasteiger partial charge in [-0.2, -0.15) is 0 Å². The Bertz CT molecular complexity index is 377. The van der Waals surface area contributed by atoms with Crippen molar-refractivity contribution < 1.29 is 14.3 Å². The summed E-state index contributed by atoms with van der Waals surface area (Å²) < 4.78 is 11.8. The van der Waals surface area contributed by atoms with Gasteiger partial charge in [0.25, 0.3) is 0 Å². The number of methoxy groups -OCH3 is 1. The van der Waals surface area contributed by atoms with E-state index in [0.717, 1.165) is 12.9 Å². The van der Waals surface area contributed by atoms with Gasteiger partial charge in [-0.1, -0.05) is 0 Å². The summed E-state index contributed by atoms with van der Waals surface area (Å²) in [6, 6.07) is 3.60. The van der Waals surface area contributed by atoms with Crippen molar-refractivity contribution in [1.29, 1.82) is 0 Å². The first-order valence-electron chi connectivity index (χ1n) is 4.30. The monoisotopic (exact) mass is 432 g/mol. The molecule has 5 heteroatoms. The number of carbonyl (C=O) groups excluding carboxylic acids is 1. The molecule has 1 aromatic carbocycles. The third kappa shape index (κ3) is 3.20. The highest BCUT2D eigenvalue weighted by Crippen LogP contribution is 2.26. The van der Waals surface area contributed by atoms with E-state index in [4.69, 9.17) is 9.47 Å². The van der Waals surface area contributed by atoms with Crippen LogP contribution in [-0.2, 0) is 4.74 Å². The van der Waals surface area contributed by atoms with Crippen molar-refractivity contribution >= 4 is 51.2 Å². The molecule has 0 amide bonds. The Morgan fingerprint density at radius 1 is 1.33 bits per heavy atom. The van der Waals surface area contributed by atoms with Crippen LogP contribution in [0.4, 0.5) is 0 Å². The van der Waals surface area contributed by atoms with Gasteiger partial charge in [-0.05, 0) is 64.2 Å². The zero-order chi connectivity index (χ0) is 11.4. The van der Waals surface area contributed by atoms with Crippen LogP contribution in [0.2, 0.25) is 0 Å². The van der Waals surface area contributed by atoms with Gasteiger partial charge in [0.15, 0.2) is 0 Å². The molecule has 0 spiro atoms. The number of hydrogen-bond acceptors (Lipinski definition) is 3. The highest BCUT2D eigenvalue weighted by Gasteiger charge is 2.14. The smallest absolute Gasteiger partial charge is 0.339 e. The van der Waals surface area contributed by atoms with Crippen LogP contribution in [0.25, 0.3) is 0 Å². The first-order valence-corrected chi connectivity index (χ1v) is 6.46. The second-order valence-corrected chi connectivity index (χ2v) is 5.01. The van der Waals surface area contributed by atoms with Crippen LogP contribution in [0.3, 0.4) is 0 Å². The van der Waals surface area contributed by atoms with Crippen molar-refractivity contribution in [2.45, 2.75) is 6.92 Å². The summed E-state index contributed by atoms with van der Waals surface area (Å²) in [7, 11) is 1.61. The fourth-order valence-electron chi connectivity index (χ4n) is 1.05. The van der Waals surface area contributed by atoms with Crippen molar-refractivity contribution in [2.24, 2.45) is 0 Å². The van der Waals surface area contributed by atoms with Crippen molar-refractivity contribution in [3.63, 3.8) is 0 Å². The Balaban J connectivity index is 3.10. The first kappa shape index (κ1) is 13.0. The summed E-state index contributed by atoms with van der Waals surface area (Å²) >= 11 is 4.23. The molecular formula is C10H10I2O3. The summed E-state index contributed by atoms with van der Waals surface area (Å²) in [5.74, 6) is 0.482. The Morgan fingerprint density at radius 3 is 2.53 bits per heavy atom. The molecule has 0 bridgehead atoms. The molecule has 0 aliphatic rings. The van der Waals surface area contributed by atoms with Gasteiger partial charge in [-0.25, -0.2) is 4.79 Å². The summed E-state index contributed by atoms with van der Waals surface area (Å²) in [6.45, 7) is 2.18. The highest BCUT2D eigenvalue weighted by atomic mass is 127. The second-order valence-electron chi connectivity index (χ2n) is 2.69. The lowest BCUT2D eigenvalue weighted by Crippen LogP contribution is -2.07. The van der Waals surface area contributed by atoms with E-state index < -0.39 is 0 Å². The van der Waals surface area contributed by atoms with Gasteiger partial charge >= 0.3 is 5.97 Å². The molecule has 0 saturated carbocycles. The minimum atomic E-state index is -0.289. The fourth-order valence-corrected chi connectivity index (χ4v) is 2.40. The molecule has 0 aliphatic heterocycles. The molecule has 0 fully saturated rings. The molecule has 3 nitrogen and oxygen atoms in total. The van der Waals surface area contributed by atoms with Crippen molar-refractivity contribution in [2.75, 3.05) is 13.7 Å². The lowest BCUT2D eigenvalue weighted by molar-refractivity contribution is 0.0525. The van der Waals surface area contributed by atoms with Gasteiger partial charge in [0, 0.05) is 3.57 Å². The van der Waals surface area contributed by atoms with E-state index in [-0.39, 0.29) is 5.97 Å². The third-order valence-electron chi connectivity index (χ3n) is 1.74. The van der Waals surface area contributed by atoms with E-state index in [0.29, 0.717) is 12.2 Å². The van der Waals surface area contributed by atoms with Gasteiger partial charge in [0.05, 0.1) is 22.9 Å². The molecule has 0 radical (unpaired) electrons. The highest BCUT2D eigenvalue weighted by molar-refractivity contribution is 14.1. The second kappa shape index (κ2) is 5.88. The van der Waals surface area contributed by atoms with E-state index in [9.17, 15) is 4.79 Å². The van der Waals surface area contributed by atoms with Crippen molar-refractivity contribution in [3.8, 4) is 5.75 Å². The van der Waals surface area contributed by atoms with Crippen LogP contribution in [-0.4, -0.2) is 19.7 Å². The quantitative estimate of drug-likeness (QED) is 0.545. The zero-order valence-corrected chi connectivity index (χ0v) is 12.7. The van der Waals surface area contributed by atoms with Gasteiger partial charge in [0.2, 0.25) is 0 Å². The summed E-state index contributed by atoms with van der Waals surface area (Å²) in [5.41, 5.74) is 0.586. The van der Waals surface area contributed by atoms with Gasteiger partial charge in [0.1, 0.15) is 5.75 Å². The lowest BCUT2D eigenvalue weighted by Gasteiger charge is -2.08. The number of hydrogen-bond donors (Lipinski definition) is 0. The molecular weight excluding hydrogens is 422 g/mol. The maximum atomic E-state index is 11.5. The Hall–Kier alpha value is -0.0500. The molecule has 0 unspecified atom stereocenters. The summed E-state index contributed by atoms with van der Waals surface area (Å²) in [6.07, 6.45) is 0. The van der Waals surface area contributed by atoms with Crippen LogP contribution in [0.1, 0.15) is 17.3 Å². The molecule has 0 saturated heterocycles. The standard InChI is InChI=1S/C10H10I2O3/c1-3-15-10(13)6-4-8(12)9(14-2)5-7(6)11/h4-5H,3H2,1-2H3. The fraction of sp³-hybridized carbons (Fsp3) is 0.300. The summed E-state index contributed by atoms with van der Waals surface area (Å²) in [5, 5.41) is 0. The lowest BCUT2D eigenvalue weighted by atomic mass is 10.2. The van der Waals surface area contributed by atoms with E-state index >= 15 is 0 Å². The van der Waals surface area contributed by atoms with Crippen molar-refractivity contribution in [1.82, 2.24) is 0 Å². The molecule has 0 aliphatic carbocycles. The third-order valence-corrected chi connectivity index (χ3v) is 3.47. The number of esters is 1. The molecule has 1 aromatic rings. The minimum Gasteiger partial charge on any atom is -0.496 e. The van der Waals surface area contributed by atoms with E-state index in [1.165, 1.54) is 0 Å². The van der Waals surface area contributed by atoms with Gasteiger partial charge in [-0.3, -0.25) is 0 Å². The number of halogens is 2. The molecule has 82 valence electrons. The SMILES string of the molecule is CCOC(=O)c1cc(I)c(OC)cc1I. The van der Waals surface area contributed by atoms with Crippen LogP contribution >= 0.6 is 45.2 Å². The number of carbonyl (C=O) groups is 1. The Labute approximate surface area is 116 Å². The van der Waals surface area contributed by atoms with Gasteiger partial charge in [-0.15, -0.1) is 0 Å². The van der Waals surface area contributed by atoms with Crippen molar-refractivity contribution in [3.05, 3.63) is 24.8 Å². The molecule has 0 N–H and O–H groups in total. The Kier molecular flexibility index (Phi) is 5.10. The van der Waals surface area contributed by atoms with Crippen LogP contribution in [0.5, 0.6) is 5.75 Å². The summed E-state index contributed by atoms with van der Waals surface area (Å²) in [4.78, 5) is 11.5. The van der Waals surface area contributed by atoms with E-state index in [1.54, 1.807) is 20.1 Å².